The molecule has 1 aromatic carbocycles. The molecule has 98 valence electrons. The van der Waals surface area contributed by atoms with Crippen molar-refractivity contribution in [3.8, 4) is 11.3 Å². The fourth-order valence-electron chi connectivity index (χ4n) is 2.90. The Labute approximate surface area is 113 Å². The Kier molecular flexibility index (Phi) is 2.25. The summed E-state index contributed by atoms with van der Waals surface area (Å²) in [5.74, 6) is 3.34. The molecule has 19 heavy (non-hydrogen) atoms. The molecule has 0 atom stereocenters. The Hall–Kier alpha value is -1.77. The van der Waals surface area contributed by atoms with Crippen molar-refractivity contribution >= 4 is 5.82 Å². The molecule has 4 rings (SSSR count). The van der Waals surface area contributed by atoms with E-state index in [0.29, 0.717) is 5.92 Å². The average molecular weight is 253 g/mol. The highest BCUT2D eigenvalue weighted by molar-refractivity contribution is 5.74. The highest BCUT2D eigenvalue weighted by atomic mass is 15.1. The van der Waals surface area contributed by atoms with E-state index < -0.39 is 0 Å². The van der Waals surface area contributed by atoms with Crippen LogP contribution in [0.5, 0.6) is 0 Å². The van der Waals surface area contributed by atoms with Crippen molar-refractivity contribution in [1.29, 1.82) is 0 Å². The maximum absolute atomic E-state index is 6.29. The molecule has 2 fully saturated rings. The molecule has 2 aliphatic rings. The number of anilines is 1. The fourth-order valence-corrected chi connectivity index (χ4v) is 2.90. The van der Waals surface area contributed by atoms with Crippen LogP contribution < -0.4 is 5.73 Å². The minimum absolute atomic E-state index is 0.633. The summed E-state index contributed by atoms with van der Waals surface area (Å²) >= 11 is 0. The molecule has 3 nitrogen and oxygen atoms in total. The average Bonchev–Trinajstić information content (AvgIpc) is 3.31. The van der Waals surface area contributed by atoms with Crippen molar-refractivity contribution in [2.75, 3.05) is 5.73 Å². The van der Waals surface area contributed by atoms with Crippen LogP contribution in [0.1, 0.15) is 48.9 Å². The lowest BCUT2D eigenvalue weighted by molar-refractivity contribution is 0.807. The maximum Gasteiger partial charge on any atom is 0.131 e. The number of benzene rings is 1. The third-order valence-corrected chi connectivity index (χ3v) is 4.35. The van der Waals surface area contributed by atoms with Gasteiger partial charge in [-0.1, -0.05) is 24.3 Å². The molecule has 1 aromatic heterocycles. The number of nitrogens with two attached hydrogens (primary N) is 1. The summed E-state index contributed by atoms with van der Waals surface area (Å²) in [5, 5.41) is 0. The van der Waals surface area contributed by atoms with Gasteiger partial charge in [-0.25, -0.2) is 4.98 Å². The number of imidazole rings is 1. The Morgan fingerprint density at radius 3 is 2.47 bits per heavy atom. The van der Waals surface area contributed by atoms with Gasteiger partial charge in [0.25, 0.3) is 0 Å². The summed E-state index contributed by atoms with van der Waals surface area (Å²) in [6, 6.07) is 8.62. The molecule has 0 bridgehead atoms. The number of rotatable bonds is 3. The van der Waals surface area contributed by atoms with Crippen LogP contribution in [0.15, 0.2) is 24.3 Å². The Morgan fingerprint density at radius 2 is 1.79 bits per heavy atom. The lowest BCUT2D eigenvalue weighted by Crippen LogP contribution is -2.00. The molecule has 2 saturated carbocycles. The number of hydrogen-bond acceptors (Lipinski definition) is 2. The summed E-state index contributed by atoms with van der Waals surface area (Å²) in [4.78, 5) is 4.85. The number of aromatic nitrogens is 2. The van der Waals surface area contributed by atoms with Gasteiger partial charge >= 0.3 is 0 Å². The smallest absolute Gasteiger partial charge is 0.131 e. The monoisotopic (exact) mass is 253 g/mol. The van der Waals surface area contributed by atoms with E-state index in [2.05, 4.69) is 28.8 Å². The van der Waals surface area contributed by atoms with Gasteiger partial charge in [-0.15, -0.1) is 0 Å². The first kappa shape index (κ1) is 11.1. The third-order valence-electron chi connectivity index (χ3n) is 4.35. The van der Waals surface area contributed by atoms with Crippen molar-refractivity contribution in [2.45, 2.75) is 37.5 Å². The molecule has 2 aromatic rings. The fraction of sp³-hybridized carbons (Fsp3) is 0.438. The van der Waals surface area contributed by atoms with E-state index in [1.165, 1.54) is 36.8 Å². The molecule has 2 aliphatic carbocycles. The van der Waals surface area contributed by atoms with Crippen molar-refractivity contribution in [3.05, 3.63) is 35.7 Å². The quantitative estimate of drug-likeness (QED) is 0.910. The van der Waals surface area contributed by atoms with E-state index in [1.54, 1.807) is 0 Å². The molecule has 0 spiro atoms. The van der Waals surface area contributed by atoms with E-state index in [9.17, 15) is 0 Å². The topological polar surface area (TPSA) is 43.8 Å². The molecule has 0 aliphatic heterocycles. The SMILES string of the molecule is Cn1c(C2CC2)nc(-c2ccccc2C2CC2)c1N. The third kappa shape index (κ3) is 1.76. The minimum atomic E-state index is 0.633. The van der Waals surface area contributed by atoms with E-state index in [4.69, 9.17) is 10.7 Å². The molecule has 1 heterocycles. The van der Waals surface area contributed by atoms with Crippen molar-refractivity contribution in [1.82, 2.24) is 9.55 Å². The summed E-state index contributed by atoms with van der Waals surface area (Å²) < 4.78 is 2.08. The largest absolute Gasteiger partial charge is 0.383 e. The molecule has 0 saturated heterocycles. The lowest BCUT2D eigenvalue weighted by atomic mass is 10.0. The van der Waals surface area contributed by atoms with Gasteiger partial charge in [-0.2, -0.15) is 0 Å². The zero-order valence-corrected chi connectivity index (χ0v) is 11.3. The van der Waals surface area contributed by atoms with E-state index in [-0.39, 0.29) is 0 Å². The summed E-state index contributed by atoms with van der Waals surface area (Å²) in [5.41, 5.74) is 9.95. The van der Waals surface area contributed by atoms with Gasteiger partial charge in [0, 0.05) is 18.5 Å². The van der Waals surface area contributed by atoms with E-state index in [1.807, 2.05) is 7.05 Å². The second-order valence-corrected chi connectivity index (χ2v) is 5.90. The van der Waals surface area contributed by atoms with Crippen molar-refractivity contribution < 1.29 is 0 Å². The van der Waals surface area contributed by atoms with Crippen molar-refractivity contribution in [3.63, 3.8) is 0 Å². The van der Waals surface area contributed by atoms with Gasteiger partial charge in [0.15, 0.2) is 0 Å². The van der Waals surface area contributed by atoms with Gasteiger partial charge in [0.05, 0.1) is 0 Å². The van der Waals surface area contributed by atoms with Crippen LogP contribution in [0.3, 0.4) is 0 Å². The highest BCUT2D eigenvalue weighted by Gasteiger charge is 2.32. The molecule has 0 unspecified atom stereocenters. The number of nitrogens with zero attached hydrogens (tertiary/aromatic N) is 2. The Bertz CT molecular complexity index is 633. The summed E-state index contributed by atoms with van der Waals surface area (Å²) in [6.45, 7) is 0. The van der Waals surface area contributed by atoms with E-state index in [0.717, 1.165) is 23.3 Å². The first-order valence-corrected chi connectivity index (χ1v) is 7.17. The zero-order chi connectivity index (χ0) is 13.0. The van der Waals surface area contributed by atoms with Crippen LogP contribution in [0.25, 0.3) is 11.3 Å². The predicted molar refractivity (Wildman–Crippen MR) is 77.0 cm³/mol. The number of hydrogen-bond donors (Lipinski definition) is 1. The Balaban J connectivity index is 1.86. The van der Waals surface area contributed by atoms with Gasteiger partial charge in [-0.05, 0) is 37.2 Å². The second-order valence-electron chi connectivity index (χ2n) is 5.90. The van der Waals surface area contributed by atoms with Gasteiger partial charge in [0.2, 0.25) is 0 Å². The summed E-state index contributed by atoms with van der Waals surface area (Å²) in [7, 11) is 2.04. The highest BCUT2D eigenvalue weighted by Crippen LogP contribution is 2.46. The van der Waals surface area contributed by atoms with Crippen molar-refractivity contribution in [2.24, 2.45) is 7.05 Å². The molecule has 3 heteroatoms. The van der Waals surface area contributed by atoms with Gasteiger partial charge in [0.1, 0.15) is 17.3 Å². The molecular weight excluding hydrogens is 234 g/mol. The molecule has 0 amide bonds. The maximum atomic E-state index is 6.29. The molecule has 0 radical (unpaired) electrons. The van der Waals surface area contributed by atoms with Crippen LogP contribution in [-0.2, 0) is 7.05 Å². The predicted octanol–water partition coefficient (Wildman–Crippen LogP) is 3.42. The lowest BCUT2D eigenvalue weighted by Gasteiger charge is -2.07. The van der Waals surface area contributed by atoms with Crippen LogP contribution >= 0.6 is 0 Å². The first-order chi connectivity index (χ1) is 9.25. The first-order valence-electron chi connectivity index (χ1n) is 7.17. The Morgan fingerprint density at radius 1 is 1.11 bits per heavy atom. The standard InChI is InChI=1S/C16H19N3/c1-19-15(17)14(18-16(19)11-8-9-11)13-5-3-2-4-12(13)10-6-7-10/h2-5,10-11H,6-9,17H2,1H3. The van der Waals surface area contributed by atoms with Crippen LogP contribution in [-0.4, -0.2) is 9.55 Å². The zero-order valence-electron chi connectivity index (χ0n) is 11.3. The van der Waals surface area contributed by atoms with Crippen LogP contribution in [0.4, 0.5) is 5.82 Å². The number of nitrogen functional groups attached to an aromatic ring is 1. The second kappa shape index (κ2) is 3.86. The minimum Gasteiger partial charge on any atom is -0.383 e. The van der Waals surface area contributed by atoms with Gasteiger partial charge < -0.3 is 10.3 Å². The van der Waals surface area contributed by atoms with Crippen LogP contribution in [0.2, 0.25) is 0 Å². The normalized spacial score (nSPS) is 18.8. The molecule has 2 N–H and O–H groups in total. The van der Waals surface area contributed by atoms with Crippen LogP contribution in [0, 0.1) is 0 Å². The van der Waals surface area contributed by atoms with E-state index >= 15 is 0 Å². The molecular formula is C16H19N3. The van der Waals surface area contributed by atoms with Gasteiger partial charge in [-0.3, -0.25) is 0 Å². The summed E-state index contributed by atoms with van der Waals surface area (Å²) in [6.07, 6.45) is 5.13.